The molecule has 0 aliphatic carbocycles. The van der Waals surface area contributed by atoms with Crippen molar-refractivity contribution in [2.75, 3.05) is 32.9 Å². The molecule has 2 saturated heterocycles. The summed E-state index contributed by atoms with van der Waals surface area (Å²) in [5.74, 6) is 0.491. The first-order valence-corrected chi connectivity index (χ1v) is 13.4. The number of aliphatic imine (C=N–C) groups is 1. The van der Waals surface area contributed by atoms with Crippen molar-refractivity contribution in [1.82, 2.24) is 9.80 Å². The zero-order valence-electron chi connectivity index (χ0n) is 21.0. The van der Waals surface area contributed by atoms with Crippen LogP contribution in [0.3, 0.4) is 0 Å². The summed E-state index contributed by atoms with van der Waals surface area (Å²) >= 11 is 1.39. The maximum absolute atomic E-state index is 13.4. The molecule has 3 aromatic carbocycles. The maximum atomic E-state index is 13.4. The summed E-state index contributed by atoms with van der Waals surface area (Å²) in [4.78, 5) is 34.6. The third-order valence-corrected chi connectivity index (χ3v) is 7.26. The van der Waals surface area contributed by atoms with E-state index >= 15 is 0 Å². The van der Waals surface area contributed by atoms with Crippen LogP contribution in [0.2, 0.25) is 0 Å². The first kappa shape index (κ1) is 25.8. The molecule has 0 radical (unpaired) electrons. The number of hydrogen-bond donors (Lipinski definition) is 0. The van der Waals surface area contributed by atoms with Crippen LogP contribution in [0.4, 0.5) is 0 Å². The van der Waals surface area contributed by atoms with Crippen molar-refractivity contribution >= 4 is 34.8 Å². The minimum Gasteiger partial charge on any atom is -0.484 e. The van der Waals surface area contributed by atoms with Crippen molar-refractivity contribution < 1.29 is 19.1 Å². The number of carbonyl (C=O) groups excluding carboxylic acids is 2. The Hall–Kier alpha value is -3.88. The Kier molecular flexibility index (Phi) is 8.53. The number of nitrogens with zero attached hydrogens (tertiary/aromatic N) is 3. The Morgan fingerprint density at radius 1 is 0.921 bits per heavy atom. The van der Waals surface area contributed by atoms with E-state index in [2.05, 4.69) is 0 Å². The molecule has 7 nitrogen and oxygen atoms in total. The monoisotopic (exact) mass is 527 g/mol. The standard InChI is InChI=1S/C30H29N3O4S/c34-28(32-15-17-36-18-16-32)22-37-26-13-11-23(12-14-26)19-27-29(35)33(21-25-9-5-2-6-10-25)30(38-27)31-20-24-7-3-1-4-8-24/h1-14,19H,15-18,20-22H2/b27-19+,31-30?. The highest BCUT2D eigenvalue weighted by atomic mass is 32.2. The SMILES string of the molecule is O=C(COc1ccc(/C=C2/SC(=NCc3ccccc3)N(Cc3ccccc3)C2=O)cc1)N1CCOCC1. The number of morpholine rings is 1. The highest BCUT2D eigenvalue weighted by molar-refractivity contribution is 8.18. The minimum absolute atomic E-state index is 0.00947. The van der Waals surface area contributed by atoms with Gasteiger partial charge in [-0.2, -0.15) is 0 Å². The highest BCUT2D eigenvalue weighted by Gasteiger charge is 2.33. The van der Waals surface area contributed by atoms with Crippen molar-refractivity contribution in [3.8, 4) is 5.75 Å². The van der Waals surface area contributed by atoms with Gasteiger partial charge < -0.3 is 14.4 Å². The second-order valence-electron chi connectivity index (χ2n) is 8.92. The maximum Gasteiger partial charge on any atom is 0.267 e. The van der Waals surface area contributed by atoms with Gasteiger partial charge >= 0.3 is 0 Å². The van der Waals surface area contributed by atoms with E-state index in [4.69, 9.17) is 14.5 Å². The fraction of sp³-hybridized carbons (Fsp3) is 0.233. The van der Waals surface area contributed by atoms with E-state index in [1.54, 1.807) is 9.80 Å². The van der Waals surface area contributed by atoms with Gasteiger partial charge in [0, 0.05) is 13.1 Å². The molecule has 0 saturated carbocycles. The van der Waals surface area contributed by atoms with Gasteiger partial charge in [0.15, 0.2) is 11.8 Å². The van der Waals surface area contributed by atoms with E-state index in [9.17, 15) is 9.59 Å². The normalized spacial score (nSPS) is 17.8. The van der Waals surface area contributed by atoms with Crippen LogP contribution in [0.1, 0.15) is 16.7 Å². The van der Waals surface area contributed by atoms with Crippen LogP contribution in [0.25, 0.3) is 6.08 Å². The van der Waals surface area contributed by atoms with Crippen molar-refractivity contribution in [2.24, 2.45) is 4.99 Å². The Morgan fingerprint density at radius 3 is 2.26 bits per heavy atom. The fourth-order valence-electron chi connectivity index (χ4n) is 4.13. The molecule has 0 spiro atoms. The van der Waals surface area contributed by atoms with Gasteiger partial charge in [0.25, 0.3) is 11.8 Å². The molecule has 0 unspecified atom stereocenters. The fourth-order valence-corrected chi connectivity index (χ4v) is 5.11. The number of amidine groups is 1. The average molecular weight is 528 g/mol. The summed E-state index contributed by atoms with van der Waals surface area (Å²) in [6.45, 7) is 3.27. The van der Waals surface area contributed by atoms with Gasteiger partial charge in [-0.05, 0) is 46.7 Å². The molecule has 2 aliphatic heterocycles. The number of benzene rings is 3. The molecule has 2 fully saturated rings. The van der Waals surface area contributed by atoms with Crippen LogP contribution >= 0.6 is 11.8 Å². The Labute approximate surface area is 226 Å². The summed E-state index contributed by atoms with van der Waals surface area (Å²) < 4.78 is 11.0. The number of ether oxygens (including phenoxy) is 2. The molecular weight excluding hydrogens is 498 g/mol. The van der Waals surface area contributed by atoms with E-state index in [1.807, 2.05) is 91.0 Å². The molecule has 194 valence electrons. The summed E-state index contributed by atoms with van der Waals surface area (Å²) in [5.41, 5.74) is 3.01. The van der Waals surface area contributed by atoms with Gasteiger partial charge in [-0.15, -0.1) is 0 Å². The van der Waals surface area contributed by atoms with Gasteiger partial charge in [0.05, 0.1) is 31.2 Å². The van der Waals surface area contributed by atoms with E-state index in [1.165, 1.54) is 11.8 Å². The zero-order chi connectivity index (χ0) is 26.2. The summed E-state index contributed by atoms with van der Waals surface area (Å²) in [6, 6.07) is 27.3. The number of carbonyl (C=O) groups is 2. The van der Waals surface area contributed by atoms with Crippen molar-refractivity contribution in [1.29, 1.82) is 0 Å². The third-order valence-electron chi connectivity index (χ3n) is 6.22. The predicted octanol–water partition coefficient (Wildman–Crippen LogP) is 4.60. The molecular formula is C30H29N3O4S. The quantitative estimate of drug-likeness (QED) is 0.401. The van der Waals surface area contributed by atoms with Gasteiger partial charge in [0.1, 0.15) is 5.75 Å². The Balaban J connectivity index is 1.27. The first-order chi connectivity index (χ1) is 18.7. The van der Waals surface area contributed by atoms with Gasteiger partial charge in [-0.3, -0.25) is 19.5 Å². The number of hydrogen-bond acceptors (Lipinski definition) is 6. The van der Waals surface area contributed by atoms with Crippen LogP contribution in [0.15, 0.2) is 94.8 Å². The zero-order valence-corrected chi connectivity index (χ0v) is 21.8. The van der Waals surface area contributed by atoms with Crippen molar-refractivity contribution in [2.45, 2.75) is 13.1 Å². The second kappa shape index (κ2) is 12.6. The molecule has 2 amide bonds. The van der Waals surface area contributed by atoms with Crippen LogP contribution < -0.4 is 4.74 Å². The lowest BCUT2D eigenvalue weighted by Crippen LogP contribution is -2.42. The highest BCUT2D eigenvalue weighted by Crippen LogP contribution is 2.34. The second-order valence-corrected chi connectivity index (χ2v) is 9.93. The number of thioether (sulfide) groups is 1. The lowest BCUT2D eigenvalue weighted by Gasteiger charge is -2.26. The van der Waals surface area contributed by atoms with E-state index in [0.29, 0.717) is 55.2 Å². The lowest BCUT2D eigenvalue weighted by molar-refractivity contribution is -0.137. The molecule has 2 aliphatic rings. The predicted molar refractivity (Wildman–Crippen MR) is 149 cm³/mol. The largest absolute Gasteiger partial charge is 0.484 e. The molecule has 0 bridgehead atoms. The molecule has 0 N–H and O–H groups in total. The molecule has 8 heteroatoms. The number of rotatable bonds is 8. The molecule has 38 heavy (non-hydrogen) atoms. The summed E-state index contributed by atoms with van der Waals surface area (Å²) in [6.07, 6.45) is 1.87. The van der Waals surface area contributed by atoms with Crippen molar-refractivity contribution in [3.63, 3.8) is 0 Å². The lowest BCUT2D eigenvalue weighted by atomic mass is 10.2. The van der Waals surface area contributed by atoms with Crippen LogP contribution in [-0.2, 0) is 27.4 Å². The Bertz CT molecular complexity index is 1300. The van der Waals surface area contributed by atoms with E-state index < -0.39 is 0 Å². The number of amides is 2. The third kappa shape index (κ3) is 6.70. The summed E-state index contributed by atoms with van der Waals surface area (Å²) in [5, 5.41) is 0.690. The molecule has 5 rings (SSSR count). The minimum atomic E-state index is -0.0675. The first-order valence-electron chi connectivity index (χ1n) is 12.6. The van der Waals surface area contributed by atoms with Crippen molar-refractivity contribution in [3.05, 3.63) is 107 Å². The molecule has 3 aromatic rings. The van der Waals surface area contributed by atoms with Gasteiger partial charge in [-0.1, -0.05) is 72.8 Å². The van der Waals surface area contributed by atoms with E-state index in [0.717, 1.165) is 16.7 Å². The summed E-state index contributed by atoms with van der Waals surface area (Å²) in [7, 11) is 0. The van der Waals surface area contributed by atoms with E-state index in [-0.39, 0.29) is 18.4 Å². The molecule has 0 aromatic heterocycles. The molecule has 0 atom stereocenters. The van der Waals surface area contributed by atoms with Crippen LogP contribution in [0.5, 0.6) is 5.75 Å². The average Bonchev–Trinajstić information content (AvgIpc) is 3.26. The van der Waals surface area contributed by atoms with Gasteiger partial charge in [0.2, 0.25) is 0 Å². The Morgan fingerprint density at radius 2 is 1.58 bits per heavy atom. The van der Waals surface area contributed by atoms with Crippen LogP contribution in [-0.4, -0.2) is 59.7 Å². The van der Waals surface area contributed by atoms with Crippen LogP contribution in [0, 0.1) is 0 Å². The van der Waals surface area contributed by atoms with Gasteiger partial charge in [-0.25, -0.2) is 0 Å². The smallest absolute Gasteiger partial charge is 0.267 e. The topological polar surface area (TPSA) is 71.4 Å². The molecule has 2 heterocycles.